The summed E-state index contributed by atoms with van der Waals surface area (Å²) in [4.78, 5) is 34.7. The molecule has 3 fully saturated rings. The lowest BCUT2D eigenvalue weighted by Gasteiger charge is -2.47. The van der Waals surface area contributed by atoms with Gasteiger partial charge in [0.1, 0.15) is 5.82 Å². The summed E-state index contributed by atoms with van der Waals surface area (Å²) in [5.74, 6) is 1.70. The number of aromatic nitrogens is 2. The number of amides is 2. The van der Waals surface area contributed by atoms with Crippen LogP contribution >= 0.6 is 0 Å². The van der Waals surface area contributed by atoms with Gasteiger partial charge in [0, 0.05) is 42.8 Å². The molecule has 1 saturated carbocycles. The second-order valence-electron chi connectivity index (χ2n) is 9.47. The molecule has 0 radical (unpaired) electrons. The fourth-order valence-electron chi connectivity index (χ4n) is 5.72. The van der Waals surface area contributed by atoms with Crippen LogP contribution in [-0.4, -0.2) is 56.3 Å². The number of hydrogen-bond acceptors (Lipinski definition) is 3. The number of hydrogen-bond donors (Lipinski definition) is 0. The molecule has 0 bridgehead atoms. The first-order valence-corrected chi connectivity index (χ1v) is 11.7. The maximum Gasteiger partial charge on any atom is 0.253 e. The van der Waals surface area contributed by atoms with Gasteiger partial charge >= 0.3 is 0 Å². The van der Waals surface area contributed by atoms with Crippen LogP contribution in [0.1, 0.15) is 48.3 Å². The molecule has 6 heteroatoms. The largest absolute Gasteiger partial charge is 0.338 e. The van der Waals surface area contributed by atoms with Gasteiger partial charge in [0.25, 0.3) is 5.91 Å². The SMILES string of the molecule is Cc1nc2cc(C(=O)N3CC[C@H]4[C@H](CCC(=O)N4C4CC4)C3)ccc2n1-c1ccccc1. The maximum absolute atomic E-state index is 13.4. The molecule has 0 N–H and O–H groups in total. The van der Waals surface area contributed by atoms with Crippen molar-refractivity contribution in [3.05, 3.63) is 59.9 Å². The Kier molecular flexibility index (Phi) is 4.56. The number of imidazole rings is 1. The van der Waals surface area contributed by atoms with E-state index in [0.29, 0.717) is 42.4 Å². The molecule has 1 aromatic heterocycles. The van der Waals surface area contributed by atoms with Gasteiger partial charge < -0.3 is 9.80 Å². The second kappa shape index (κ2) is 7.47. The highest BCUT2D eigenvalue weighted by Gasteiger charge is 2.45. The van der Waals surface area contributed by atoms with Gasteiger partial charge in [-0.1, -0.05) is 18.2 Å². The molecule has 1 aliphatic carbocycles. The van der Waals surface area contributed by atoms with Crippen LogP contribution in [0.4, 0.5) is 0 Å². The van der Waals surface area contributed by atoms with Crippen molar-refractivity contribution >= 4 is 22.8 Å². The van der Waals surface area contributed by atoms with Gasteiger partial charge in [-0.25, -0.2) is 4.98 Å². The van der Waals surface area contributed by atoms with Gasteiger partial charge in [0.2, 0.25) is 5.91 Å². The van der Waals surface area contributed by atoms with Crippen LogP contribution < -0.4 is 0 Å². The molecule has 2 atom stereocenters. The topological polar surface area (TPSA) is 58.4 Å². The zero-order valence-corrected chi connectivity index (χ0v) is 18.4. The van der Waals surface area contributed by atoms with Crippen LogP contribution in [0.2, 0.25) is 0 Å². The van der Waals surface area contributed by atoms with Crippen LogP contribution in [0.5, 0.6) is 0 Å². The molecule has 32 heavy (non-hydrogen) atoms. The first-order valence-electron chi connectivity index (χ1n) is 11.7. The van der Waals surface area contributed by atoms with E-state index in [0.717, 1.165) is 54.8 Å². The van der Waals surface area contributed by atoms with E-state index in [9.17, 15) is 9.59 Å². The number of rotatable bonds is 3. The highest BCUT2D eigenvalue weighted by molar-refractivity contribution is 5.97. The summed E-state index contributed by atoms with van der Waals surface area (Å²) < 4.78 is 2.13. The zero-order valence-electron chi connectivity index (χ0n) is 18.4. The monoisotopic (exact) mass is 428 g/mol. The standard InChI is InChI=1S/C26H28N4O2/c1-17-27-22-15-18(7-11-24(22)29(17)20-5-3-2-4-6-20)26(32)28-14-13-23-19(16-28)8-12-25(31)30(23)21-9-10-21/h2-7,11,15,19,21,23H,8-10,12-14,16H2,1H3/t19-,23+/m1/s1. The van der Waals surface area contributed by atoms with E-state index < -0.39 is 0 Å². The molecule has 0 unspecified atom stereocenters. The Balaban J connectivity index is 1.24. The van der Waals surface area contributed by atoms with Crippen molar-refractivity contribution < 1.29 is 9.59 Å². The van der Waals surface area contributed by atoms with Crippen LogP contribution in [0.25, 0.3) is 16.7 Å². The van der Waals surface area contributed by atoms with Crippen molar-refractivity contribution in [1.82, 2.24) is 19.4 Å². The molecule has 2 amide bonds. The van der Waals surface area contributed by atoms with Crippen molar-refractivity contribution in [2.75, 3.05) is 13.1 Å². The van der Waals surface area contributed by atoms with E-state index in [1.807, 2.05) is 48.2 Å². The summed E-state index contributed by atoms with van der Waals surface area (Å²) in [7, 11) is 0. The van der Waals surface area contributed by atoms with Crippen LogP contribution in [0.15, 0.2) is 48.5 Å². The summed E-state index contributed by atoms with van der Waals surface area (Å²) in [6.07, 6.45) is 4.71. The Morgan fingerprint density at radius 2 is 1.84 bits per heavy atom. The fraction of sp³-hybridized carbons (Fsp3) is 0.423. The summed E-state index contributed by atoms with van der Waals surface area (Å²) in [6.45, 7) is 3.46. The molecular weight excluding hydrogens is 400 g/mol. The number of aryl methyl sites for hydroxylation is 1. The highest BCUT2D eigenvalue weighted by Crippen LogP contribution is 2.39. The minimum atomic E-state index is 0.0761. The lowest BCUT2D eigenvalue weighted by Crippen LogP contribution is -2.57. The van der Waals surface area contributed by atoms with Crippen LogP contribution in [0.3, 0.4) is 0 Å². The summed E-state index contributed by atoms with van der Waals surface area (Å²) in [5.41, 5.74) is 3.62. The van der Waals surface area contributed by atoms with Crippen molar-refractivity contribution in [2.45, 2.75) is 51.1 Å². The second-order valence-corrected chi connectivity index (χ2v) is 9.47. The van der Waals surface area contributed by atoms with Crippen LogP contribution in [-0.2, 0) is 4.79 Å². The Hall–Kier alpha value is -3.15. The number of carbonyl (C=O) groups excluding carboxylic acids is 2. The average molecular weight is 429 g/mol. The number of fused-ring (bicyclic) bond motifs is 2. The average Bonchev–Trinajstić information content (AvgIpc) is 3.59. The third kappa shape index (κ3) is 3.20. The molecule has 6 rings (SSSR count). The Labute approximate surface area is 187 Å². The number of piperidine rings is 2. The maximum atomic E-state index is 13.4. The molecule has 2 saturated heterocycles. The van der Waals surface area contributed by atoms with Crippen molar-refractivity contribution in [3.8, 4) is 5.69 Å². The highest BCUT2D eigenvalue weighted by atomic mass is 16.2. The number of carbonyl (C=O) groups is 2. The Morgan fingerprint density at radius 3 is 2.62 bits per heavy atom. The Morgan fingerprint density at radius 1 is 1.03 bits per heavy atom. The first-order chi connectivity index (χ1) is 15.6. The molecule has 2 aromatic carbocycles. The fourth-order valence-corrected chi connectivity index (χ4v) is 5.72. The van der Waals surface area contributed by atoms with Crippen LogP contribution in [0, 0.1) is 12.8 Å². The molecule has 0 spiro atoms. The molecule has 3 heterocycles. The molecular formula is C26H28N4O2. The minimum Gasteiger partial charge on any atom is -0.338 e. The van der Waals surface area contributed by atoms with Crippen molar-refractivity contribution in [3.63, 3.8) is 0 Å². The van der Waals surface area contributed by atoms with Crippen molar-refractivity contribution in [2.24, 2.45) is 5.92 Å². The van der Waals surface area contributed by atoms with Gasteiger partial charge in [-0.15, -0.1) is 0 Å². The molecule has 6 nitrogen and oxygen atoms in total. The van der Waals surface area contributed by atoms with Gasteiger partial charge in [-0.05, 0) is 68.9 Å². The minimum absolute atomic E-state index is 0.0761. The number of para-hydroxylation sites is 1. The van der Waals surface area contributed by atoms with E-state index in [1.54, 1.807) is 0 Å². The predicted molar refractivity (Wildman–Crippen MR) is 123 cm³/mol. The number of benzene rings is 2. The third-order valence-corrected chi connectivity index (χ3v) is 7.38. The third-order valence-electron chi connectivity index (χ3n) is 7.38. The molecule has 3 aromatic rings. The van der Waals surface area contributed by atoms with E-state index in [-0.39, 0.29) is 5.91 Å². The van der Waals surface area contributed by atoms with E-state index in [2.05, 4.69) is 21.6 Å². The quantitative estimate of drug-likeness (QED) is 0.635. The van der Waals surface area contributed by atoms with E-state index in [1.165, 1.54) is 0 Å². The number of likely N-dealkylation sites (tertiary alicyclic amines) is 2. The smallest absolute Gasteiger partial charge is 0.253 e. The van der Waals surface area contributed by atoms with E-state index in [4.69, 9.17) is 4.98 Å². The molecule has 164 valence electrons. The van der Waals surface area contributed by atoms with Gasteiger partial charge in [0.15, 0.2) is 0 Å². The van der Waals surface area contributed by atoms with E-state index >= 15 is 0 Å². The van der Waals surface area contributed by atoms with Gasteiger partial charge in [-0.2, -0.15) is 0 Å². The summed E-state index contributed by atoms with van der Waals surface area (Å²) in [5, 5.41) is 0. The summed E-state index contributed by atoms with van der Waals surface area (Å²) >= 11 is 0. The number of nitrogens with zero attached hydrogens (tertiary/aromatic N) is 4. The predicted octanol–water partition coefficient (Wildman–Crippen LogP) is 3.95. The first kappa shape index (κ1) is 19.5. The normalized spacial score (nSPS) is 23.5. The molecule has 2 aliphatic heterocycles. The lowest BCUT2D eigenvalue weighted by atomic mass is 9.83. The Bertz CT molecular complexity index is 1200. The summed E-state index contributed by atoms with van der Waals surface area (Å²) in [6, 6.07) is 16.8. The zero-order chi connectivity index (χ0) is 21.8. The molecule has 3 aliphatic rings. The lowest BCUT2D eigenvalue weighted by molar-refractivity contribution is -0.141. The van der Waals surface area contributed by atoms with Crippen molar-refractivity contribution in [1.29, 1.82) is 0 Å². The van der Waals surface area contributed by atoms with Gasteiger partial charge in [-0.3, -0.25) is 14.2 Å². The van der Waals surface area contributed by atoms with Gasteiger partial charge in [0.05, 0.1) is 11.0 Å².